The lowest BCUT2D eigenvalue weighted by atomic mass is 9.82. The molecule has 0 saturated heterocycles. The van der Waals surface area contributed by atoms with Crippen LogP contribution in [0, 0.1) is 22.7 Å². The van der Waals surface area contributed by atoms with Gasteiger partial charge in [-0.3, -0.25) is 0 Å². The first-order valence-electron chi connectivity index (χ1n) is 19.6. The zero-order valence-electron chi connectivity index (χ0n) is 31.8. The van der Waals surface area contributed by atoms with Crippen molar-refractivity contribution in [3.05, 3.63) is 186 Å². The van der Waals surface area contributed by atoms with Gasteiger partial charge in [-0.25, -0.2) is 0 Å². The zero-order valence-corrected chi connectivity index (χ0v) is 31.8. The molecule has 1 aliphatic carbocycles. The summed E-state index contributed by atoms with van der Waals surface area (Å²) in [7, 11) is 0. The molecule has 3 aromatic heterocycles. The Balaban J connectivity index is 1.31. The third-order valence-corrected chi connectivity index (χ3v) is 12.7. The third kappa shape index (κ3) is 4.17. The molecule has 58 heavy (non-hydrogen) atoms. The number of benzene rings is 8. The number of hydrogen-bond donors (Lipinski definition) is 0. The topological polar surface area (TPSA) is 62.4 Å². The smallest absolute Gasteiger partial charge is 0.101 e. The minimum Gasteiger partial charge on any atom is -0.309 e. The van der Waals surface area contributed by atoms with Crippen LogP contribution in [0.2, 0.25) is 0 Å². The molecule has 11 aromatic rings. The normalized spacial score (nSPS) is 13.1. The summed E-state index contributed by atoms with van der Waals surface area (Å²) >= 11 is 0. The van der Waals surface area contributed by atoms with Crippen LogP contribution in [0.5, 0.6) is 0 Å². The van der Waals surface area contributed by atoms with Gasteiger partial charge in [0.2, 0.25) is 0 Å². The van der Waals surface area contributed by atoms with Crippen molar-refractivity contribution in [3.8, 4) is 40.3 Å². The molecule has 0 spiro atoms. The van der Waals surface area contributed by atoms with Crippen LogP contribution in [0.15, 0.2) is 164 Å². The molecule has 0 amide bonds. The Kier molecular flexibility index (Phi) is 6.47. The van der Waals surface area contributed by atoms with E-state index in [9.17, 15) is 10.5 Å². The summed E-state index contributed by atoms with van der Waals surface area (Å²) in [6.45, 7) is 4.62. The first kappa shape index (κ1) is 32.4. The molecular formula is C53H33N5. The molecule has 8 aromatic carbocycles. The molecule has 0 fully saturated rings. The number of aromatic nitrogens is 3. The fourth-order valence-electron chi connectivity index (χ4n) is 10.1. The predicted octanol–water partition coefficient (Wildman–Crippen LogP) is 13.0. The first-order chi connectivity index (χ1) is 28.5. The van der Waals surface area contributed by atoms with Crippen molar-refractivity contribution < 1.29 is 0 Å². The van der Waals surface area contributed by atoms with E-state index >= 15 is 0 Å². The lowest BCUT2D eigenvalue weighted by molar-refractivity contribution is 0.661. The highest BCUT2D eigenvalue weighted by Crippen LogP contribution is 2.52. The van der Waals surface area contributed by atoms with Crippen molar-refractivity contribution in [1.29, 1.82) is 10.5 Å². The Morgan fingerprint density at radius 2 is 0.966 bits per heavy atom. The average molecular weight is 740 g/mol. The van der Waals surface area contributed by atoms with Gasteiger partial charge in [-0.1, -0.05) is 111 Å². The van der Waals surface area contributed by atoms with Crippen molar-refractivity contribution in [2.75, 3.05) is 0 Å². The second-order valence-electron chi connectivity index (χ2n) is 16.0. The minimum absolute atomic E-state index is 0.245. The van der Waals surface area contributed by atoms with E-state index in [4.69, 9.17) is 0 Å². The highest BCUT2D eigenvalue weighted by Gasteiger charge is 2.36. The summed E-state index contributed by atoms with van der Waals surface area (Å²) in [5.41, 5.74) is 14.5. The van der Waals surface area contributed by atoms with Crippen molar-refractivity contribution in [2.24, 2.45) is 0 Å². The summed E-state index contributed by atoms with van der Waals surface area (Å²) in [5.74, 6) is 0. The van der Waals surface area contributed by atoms with Gasteiger partial charge in [0.25, 0.3) is 0 Å². The number of hydrogen-bond acceptors (Lipinski definition) is 2. The highest BCUT2D eigenvalue weighted by atomic mass is 15.1. The molecule has 12 rings (SSSR count). The van der Waals surface area contributed by atoms with E-state index in [0.717, 1.165) is 77.1 Å². The number of rotatable bonds is 3. The van der Waals surface area contributed by atoms with E-state index in [0.29, 0.717) is 11.1 Å². The number of fused-ring (bicyclic) bond motifs is 12. The van der Waals surface area contributed by atoms with Crippen LogP contribution in [-0.4, -0.2) is 13.7 Å². The Labute approximate surface area is 334 Å². The van der Waals surface area contributed by atoms with Crippen molar-refractivity contribution >= 4 is 65.4 Å². The van der Waals surface area contributed by atoms with E-state index < -0.39 is 0 Å². The summed E-state index contributed by atoms with van der Waals surface area (Å²) in [4.78, 5) is 0. The molecule has 0 bridgehead atoms. The van der Waals surface area contributed by atoms with E-state index in [1.54, 1.807) is 6.07 Å². The van der Waals surface area contributed by atoms with Crippen molar-refractivity contribution in [1.82, 2.24) is 13.7 Å². The monoisotopic (exact) mass is 739 g/mol. The lowest BCUT2D eigenvalue weighted by Crippen LogP contribution is -2.15. The molecule has 0 saturated carbocycles. The number of para-hydroxylation sites is 4. The van der Waals surface area contributed by atoms with Gasteiger partial charge < -0.3 is 13.7 Å². The lowest BCUT2D eigenvalue weighted by Gasteiger charge is -2.22. The predicted molar refractivity (Wildman–Crippen MR) is 236 cm³/mol. The second-order valence-corrected chi connectivity index (χ2v) is 16.0. The van der Waals surface area contributed by atoms with Gasteiger partial charge in [0, 0.05) is 43.4 Å². The van der Waals surface area contributed by atoms with Gasteiger partial charge in [0.1, 0.15) is 6.07 Å². The van der Waals surface area contributed by atoms with Gasteiger partial charge in [-0.2, -0.15) is 10.5 Å². The van der Waals surface area contributed by atoms with Crippen molar-refractivity contribution in [3.63, 3.8) is 0 Å². The molecule has 5 heteroatoms. The molecule has 1 aliphatic rings. The summed E-state index contributed by atoms with van der Waals surface area (Å²) in [6, 6.07) is 62.8. The Bertz CT molecular complexity index is 3620. The molecule has 0 atom stereocenters. The molecule has 0 aliphatic heterocycles. The van der Waals surface area contributed by atoms with E-state index in [1.165, 1.54) is 27.6 Å². The average Bonchev–Trinajstić information content (AvgIpc) is 3.95. The van der Waals surface area contributed by atoms with Crippen LogP contribution >= 0.6 is 0 Å². The van der Waals surface area contributed by atoms with Gasteiger partial charge in [-0.05, 0) is 89.0 Å². The number of nitriles is 2. The first-order valence-corrected chi connectivity index (χ1v) is 19.6. The summed E-state index contributed by atoms with van der Waals surface area (Å²) in [6.07, 6.45) is 0. The van der Waals surface area contributed by atoms with E-state index in [-0.39, 0.29) is 5.41 Å². The van der Waals surface area contributed by atoms with Crippen LogP contribution in [0.1, 0.15) is 36.1 Å². The Hall–Kier alpha value is -7.86. The van der Waals surface area contributed by atoms with Crippen LogP contribution in [0.25, 0.3) is 93.6 Å². The van der Waals surface area contributed by atoms with Crippen LogP contribution in [0.4, 0.5) is 0 Å². The van der Waals surface area contributed by atoms with Crippen LogP contribution < -0.4 is 0 Å². The second kappa shape index (κ2) is 11.6. The maximum Gasteiger partial charge on any atom is 0.101 e. The molecule has 5 nitrogen and oxygen atoms in total. The van der Waals surface area contributed by atoms with Gasteiger partial charge in [0.15, 0.2) is 0 Å². The summed E-state index contributed by atoms with van der Waals surface area (Å²) in [5, 5.41) is 28.4. The maximum atomic E-state index is 11.2. The summed E-state index contributed by atoms with van der Waals surface area (Å²) < 4.78 is 6.91. The molecule has 3 heterocycles. The van der Waals surface area contributed by atoms with Gasteiger partial charge >= 0.3 is 0 Å². The van der Waals surface area contributed by atoms with Gasteiger partial charge in [0.05, 0.1) is 61.7 Å². The standard InChI is InChI=1S/C53H33N5/c1-53(2)43-20-10-6-16-35(43)39-26-41-42-27-40-38-19-9-11-21-45(38)56(34-14-4-3-5-15-34)49(40)29-50(42)58(48(41)28-44(39)53)52-33(31-55)24-32(30-54)25-51(52)57-46-22-12-7-17-36(46)37-18-8-13-23-47(37)57/h3-29H,1-2H3. The molecule has 270 valence electrons. The van der Waals surface area contributed by atoms with Crippen LogP contribution in [0.3, 0.4) is 0 Å². The molecule has 0 N–H and O–H groups in total. The van der Waals surface area contributed by atoms with E-state index in [2.05, 4.69) is 191 Å². The fourth-order valence-corrected chi connectivity index (χ4v) is 10.1. The van der Waals surface area contributed by atoms with E-state index in [1.807, 2.05) is 6.07 Å². The minimum atomic E-state index is -0.245. The SMILES string of the molecule is CC1(C)c2ccccc2-c2cc3c4cc5c6ccccc6n(-c6ccccc6)c5cc4n(-c4c(C#N)cc(C#N)cc4-n4c5ccccc5c5ccccc54)c3cc21. The largest absolute Gasteiger partial charge is 0.309 e. The number of nitrogens with zero attached hydrogens (tertiary/aromatic N) is 5. The molecule has 0 unspecified atom stereocenters. The Morgan fingerprint density at radius 1 is 0.414 bits per heavy atom. The molecular weight excluding hydrogens is 707 g/mol. The fraction of sp³-hybridized carbons (Fsp3) is 0.0566. The van der Waals surface area contributed by atoms with Crippen LogP contribution in [-0.2, 0) is 5.41 Å². The van der Waals surface area contributed by atoms with Gasteiger partial charge in [-0.15, -0.1) is 0 Å². The van der Waals surface area contributed by atoms with Crippen molar-refractivity contribution in [2.45, 2.75) is 19.3 Å². The highest BCUT2D eigenvalue weighted by molar-refractivity contribution is 6.20. The third-order valence-electron chi connectivity index (χ3n) is 12.7. The molecule has 0 radical (unpaired) electrons. The maximum absolute atomic E-state index is 11.2. The Morgan fingerprint density at radius 3 is 1.66 bits per heavy atom. The quantitative estimate of drug-likeness (QED) is 0.181. The zero-order chi connectivity index (χ0) is 38.9.